The Labute approximate surface area is 322 Å². The van der Waals surface area contributed by atoms with E-state index in [1.165, 1.54) is 92.7 Å². The van der Waals surface area contributed by atoms with E-state index in [4.69, 9.17) is 9.97 Å². The van der Waals surface area contributed by atoms with Gasteiger partial charge in [-0.2, -0.15) is 0 Å². The van der Waals surface area contributed by atoms with Gasteiger partial charge >= 0.3 is 0 Å². The molecule has 0 bridgehead atoms. The Hall–Kier alpha value is -7.10. The van der Waals surface area contributed by atoms with Crippen LogP contribution in [0.25, 0.3) is 104 Å². The normalized spacial score (nSPS) is 14.5. The van der Waals surface area contributed by atoms with E-state index in [9.17, 15) is 0 Å². The molecule has 0 N–H and O–H groups in total. The highest BCUT2D eigenvalue weighted by molar-refractivity contribution is 6.27. The Bertz CT molecular complexity index is 3610. The van der Waals surface area contributed by atoms with Gasteiger partial charge in [0.05, 0.1) is 27.8 Å². The Balaban J connectivity index is 1.16. The molecule has 0 aliphatic heterocycles. The molecule has 0 radical (unpaired) electrons. The lowest BCUT2D eigenvalue weighted by Crippen LogP contribution is -2.08. The first-order valence-electron chi connectivity index (χ1n) is 19.7. The molecule has 1 aliphatic rings. The van der Waals surface area contributed by atoms with Gasteiger partial charge < -0.3 is 4.40 Å². The van der Waals surface area contributed by atoms with Gasteiger partial charge in [-0.05, 0) is 104 Å². The van der Waals surface area contributed by atoms with E-state index in [2.05, 4.69) is 174 Å². The van der Waals surface area contributed by atoms with Crippen LogP contribution in [-0.2, 0) is 6.42 Å². The summed E-state index contributed by atoms with van der Waals surface area (Å²) >= 11 is 0. The van der Waals surface area contributed by atoms with Crippen molar-refractivity contribution in [3.8, 4) is 22.5 Å². The number of nitrogens with zero attached hydrogens (tertiary/aromatic N) is 3. The quantitative estimate of drug-likeness (QED) is 0.167. The molecule has 0 spiro atoms. The minimum Gasteiger partial charge on any atom is -0.308 e. The van der Waals surface area contributed by atoms with Gasteiger partial charge in [-0.15, -0.1) is 0 Å². The fourth-order valence-electron chi connectivity index (χ4n) is 10.2. The maximum Gasteiger partial charge on any atom is 0.160 e. The first-order chi connectivity index (χ1) is 27.8. The second-order valence-corrected chi connectivity index (χ2v) is 15.6. The van der Waals surface area contributed by atoms with Gasteiger partial charge in [0.2, 0.25) is 0 Å². The summed E-state index contributed by atoms with van der Waals surface area (Å²) in [4.78, 5) is 11.0. The molecule has 0 saturated carbocycles. The SMILES string of the molecule is c1ccc2c(c1)CCC(c1nc(-c3ccc4ccc5ccccc5c4c3)nc3ccccc13)c1c-2cc2c3ccccc3n3c4cc5ccccc5cc4c1c23. The number of hydrogen-bond donors (Lipinski definition) is 0. The van der Waals surface area contributed by atoms with Crippen molar-refractivity contribution in [3.63, 3.8) is 0 Å². The van der Waals surface area contributed by atoms with Crippen LogP contribution in [0.3, 0.4) is 0 Å². The van der Waals surface area contributed by atoms with Crippen molar-refractivity contribution < 1.29 is 0 Å². The van der Waals surface area contributed by atoms with Gasteiger partial charge in [0.25, 0.3) is 0 Å². The molecule has 9 aromatic carbocycles. The van der Waals surface area contributed by atoms with E-state index >= 15 is 0 Å². The minimum atomic E-state index is 0.0219. The molecule has 56 heavy (non-hydrogen) atoms. The zero-order chi connectivity index (χ0) is 36.5. The highest BCUT2D eigenvalue weighted by Crippen LogP contribution is 2.52. The van der Waals surface area contributed by atoms with Crippen molar-refractivity contribution in [2.75, 3.05) is 0 Å². The lowest BCUT2D eigenvalue weighted by molar-refractivity contribution is 0.715. The summed E-state index contributed by atoms with van der Waals surface area (Å²) in [5.74, 6) is 0.795. The fraction of sp³-hybridized carbons (Fsp3) is 0.0566. The Morgan fingerprint density at radius 1 is 0.464 bits per heavy atom. The van der Waals surface area contributed by atoms with Crippen LogP contribution in [0.2, 0.25) is 0 Å². The molecular weight excluding hydrogens is 679 g/mol. The molecule has 13 rings (SSSR count). The van der Waals surface area contributed by atoms with E-state index in [1.54, 1.807) is 0 Å². The van der Waals surface area contributed by atoms with Crippen molar-refractivity contribution in [2.45, 2.75) is 18.8 Å². The van der Waals surface area contributed by atoms with Crippen LogP contribution in [-0.4, -0.2) is 14.4 Å². The van der Waals surface area contributed by atoms with Crippen molar-refractivity contribution in [2.24, 2.45) is 0 Å². The van der Waals surface area contributed by atoms with E-state index < -0.39 is 0 Å². The molecule has 1 atom stereocenters. The zero-order valence-corrected chi connectivity index (χ0v) is 30.5. The first-order valence-corrected chi connectivity index (χ1v) is 19.7. The van der Waals surface area contributed by atoms with Gasteiger partial charge in [-0.1, -0.05) is 133 Å². The summed E-state index contributed by atoms with van der Waals surface area (Å²) < 4.78 is 2.54. The predicted octanol–water partition coefficient (Wildman–Crippen LogP) is 13.7. The molecule has 3 nitrogen and oxygen atoms in total. The van der Waals surface area contributed by atoms with Gasteiger partial charge in [-0.3, -0.25) is 0 Å². The average Bonchev–Trinajstić information content (AvgIpc) is 3.70. The van der Waals surface area contributed by atoms with Gasteiger partial charge in [-0.25, -0.2) is 9.97 Å². The van der Waals surface area contributed by atoms with Gasteiger partial charge in [0.1, 0.15) is 0 Å². The van der Waals surface area contributed by atoms with E-state index in [0.717, 1.165) is 40.8 Å². The maximum absolute atomic E-state index is 5.69. The summed E-state index contributed by atoms with van der Waals surface area (Å²) in [7, 11) is 0. The Morgan fingerprint density at radius 3 is 2.05 bits per heavy atom. The summed E-state index contributed by atoms with van der Waals surface area (Å²) in [5.41, 5.74) is 12.3. The predicted molar refractivity (Wildman–Crippen MR) is 234 cm³/mol. The van der Waals surface area contributed by atoms with Crippen molar-refractivity contribution in [1.29, 1.82) is 0 Å². The van der Waals surface area contributed by atoms with Crippen LogP contribution >= 0.6 is 0 Å². The molecule has 0 saturated heterocycles. The summed E-state index contributed by atoms with van der Waals surface area (Å²) in [5, 5.41) is 13.8. The number of benzene rings is 9. The fourth-order valence-corrected chi connectivity index (χ4v) is 10.2. The summed E-state index contributed by atoms with van der Waals surface area (Å²) in [6, 6.07) is 62.6. The number of para-hydroxylation sites is 2. The lowest BCUT2D eigenvalue weighted by Gasteiger charge is -2.22. The third-order valence-electron chi connectivity index (χ3n) is 12.7. The number of hydrogen-bond acceptors (Lipinski definition) is 2. The molecule has 3 aromatic heterocycles. The summed E-state index contributed by atoms with van der Waals surface area (Å²) in [6.45, 7) is 0. The average molecular weight is 712 g/mol. The Kier molecular flexibility index (Phi) is 6.06. The third-order valence-corrected chi connectivity index (χ3v) is 12.7. The molecule has 1 aliphatic carbocycles. The lowest BCUT2D eigenvalue weighted by atomic mass is 9.83. The minimum absolute atomic E-state index is 0.0219. The molecule has 0 amide bonds. The zero-order valence-electron chi connectivity index (χ0n) is 30.5. The number of fused-ring (bicyclic) bond motifs is 15. The highest BCUT2D eigenvalue weighted by Gasteiger charge is 2.32. The van der Waals surface area contributed by atoms with Crippen molar-refractivity contribution >= 4 is 81.3 Å². The number of aryl methyl sites for hydroxylation is 1. The van der Waals surface area contributed by atoms with Crippen LogP contribution in [0.15, 0.2) is 170 Å². The molecular formula is C53H33N3. The second-order valence-electron chi connectivity index (χ2n) is 15.6. The monoisotopic (exact) mass is 711 g/mol. The standard InChI is InChI=1S/C53H33N3/c1-2-14-35-29-48-45(27-34(35)13-1)50-49-41(26-25-32-12-4-6-16-38(32)43(49)30-44-39-17-8-10-20-47(39)56(48)52(44)50)51-40-18-7-9-19-46(40)54-53(55-51)36-24-23-33-22-21-31-11-3-5-15-37(31)42(33)28-36/h1-24,27-30,41H,25-26H2. The van der Waals surface area contributed by atoms with Crippen molar-refractivity contribution in [1.82, 2.24) is 14.4 Å². The largest absolute Gasteiger partial charge is 0.308 e. The molecule has 0 fully saturated rings. The van der Waals surface area contributed by atoms with Gasteiger partial charge in [0, 0.05) is 38.4 Å². The van der Waals surface area contributed by atoms with Crippen LogP contribution in [0.4, 0.5) is 0 Å². The van der Waals surface area contributed by atoms with E-state index in [1.807, 2.05) is 0 Å². The second kappa shape index (κ2) is 11.2. The Morgan fingerprint density at radius 2 is 1.16 bits per heavy atom. The summed E-state index contributed by atoms with van der Waals surface area (Å²) in [6.07, 6.45) is 1.90. The topological polar surface area (TPSA) is 30.2 Å². The van der Waals surface area contributed by atoms with Crippen LogP contribution in [0, 0.1) is 0 Å². The smallest absolute Gasteiger partial charge is 0.160 e. The number of rotatable bonds is 2. The molecule has 260 valence electrons. The maximum atomic E-state index is 5.69. The van der Waals surface area contributed by atoms with E-state index in [0.29, 0.717) is 0 Å². The third kappa shape index (κ3) is 4.12. The van der Waals surface area contributed by atoms with Crippen LogP contribution in [0.5, 0.6) is 0 Å². The molecule has 1 unspecified atom stereocenters. The van der Waals surface area contributed by atoms with Crippen molar-refractivity contribution in [3.05, 3.63) is 187 Å². The number of aromatic nitrogens is 3. The van der Waals surface area contributed by atoms with Gasteiger partial charge in [0.15, 0.2) is 5.82 Å². The molecule has 12 aromatic rings. The molecule has 3 heterocycles. The van der Waals surface area contributed by atoms with E-state index in [-0.39, 0.29) is 5.92 Å². The van der Waals surface area contributed by atoms with Crippen LogP contribution < -0.4 is 0 Å². The molecule has 3 heteroatoms. The highest BCUT2D eigenvalue weighted by atomic mass is 14.9. The van der Waals surface area contributed by atoms with Crippen LogP contribution in [0.1, 0.15) is 29.2 Å². The first kappa shape index (κ1) is 30.3.